The molecule has 1 aromatic carbocycles. The van der Waals surface area contributed by atoms with Gasteiger partial charge in [-0.25, -0.2) is 4.39 Å². The minimum atomic E-state index is -0.458. The van der Waals surface area contributed by atoms with Crippen molar-refractivity contribution in [3.8, 4) is 0 Å². The molecule has 2 fully saturated rings. The monoisotopic (exact) mass is 276 g/mol. The molecule has 2 unspecified atom stereocenters. The van der Waals surface area contributed by atoms with E-state index in [1.807, 2.05) is 7.05 Å². The Kier molecular flexibility index (Phi) is 3.09. The number of nitrogens with zero attached hydrogens (tertiary/aromatic N) is 1. The molecule has 2 saturated heterocycles. The first kappa shape index (κ1) is 13.2. The third-order valence-electron chi connectivity index (χ3n) is 4.41. The van der Waals surface area contributed by atoms with Crippen LogP contribution in [0.3, 0.4) is 0 Å². The molecule has 2 aliphatic rings. The van der Waals surface area contributed by atoms with E-state index in [0.29, 0.717) is 18.5 Å². The summed E-state index contributed by atoms with van der Waals surface area (Å²) in [5.41, 5.74) is 0.257. The molecule has 2 atom stereocenters. The van der Waals surface area contributed by atoms with Crippen molar-refractivity contribution in [1.82, 2.24) is 10.2 Å². The molecule has 4 nitrogen and oxygen atoms in total. The van der Waals surface area contributed by atoms with Crippen molar-refractivity contribution in [2.24, 2.45) is 5.41 Å². The second-order valence-corrected chi connectivity index (χ2v) is 5.93. The second-order valence-electron chi connectivity index (χ2n) is 5.93. The van der Waals surface area contributed by atoms with Crippen LogP contribution in [-0.4, -0.2) is 36.9 Å². The third kappa shape index (κ3) is 2.12. The van der Waals surface area contributed by atoms with Gasteiger partial charge in [-0.1, -0.05) is 12.1 Å². The highest BCUT2D eigenvalue weighted by molar-refractivity contribution is 6.02. The quantitative estimate of drug-likeness (QED) is 0.786. The molecule has 1 aromatic rings. The van der Waals surface area contributed by atoms with E-state index < -0.39 is 11.3 Å². The molecule has 0 saturated carbocycles. The number of hydrogen-bond acceptors (Lipinski definition) is 3. The van der Waals surface area contributed by atoms with Crippen molar-refractivity contribution in [3.63, 3.8) is 0 Å². The Morgan fingerprint density at radius 3 is 2.85 bits per heavy atom. The van der Waals surface area contributed by atoms with Crippen LogP contribution in [0.4, 0.5) is 4.39 Å². The Bertz CT molecular complexity index is 575. The Morgan fingerprint density at radius 2 is 2.20 bits per heavy atom. The first-order valence-corrected chi connectivity index (χ1v) is 6.78. The lowest BCUT2D eigenvalue weighted by Gasteiger charge is -2.39. The summed E-state index contributed by atoms with van der Waals surface area (Å²) in [6, 6.07) is 6.15. The highest BCUT2D eigenvalue weighted by atomic mass is 19.1. The van der Waals surface area contributed by atoms with E-state index in [4.69, 9.17) is 0 Å². The summed E-state index contributed by atoms with van der Waals surface area (Å²) in [5.74, 6) is -1.34. The molecule has 3 rings (SSSR count). The molecule has 2 heterocycles. The van der Waals surface area contributed by atoms with Crippen LogP contribution in [0.2, 0.25) is 0 Å². The number of likely N-dealkylation sites (tertiary alicyclic amines) is 1. The van der Waals surface area contributed by atoms with Gasteiger partial charge in [0.15, 0.2) is 0 Å². The van der Waals surface area contributed by atoms with Gasteiger partial charge in [0.25, 0.3) is 0 Å². The number of halogens is 1. The van der Waals surface area contributed by atoms with Crippen molar-refractivity contribution in [2.75, 3.05) is 20.1 Å². The lowest BCUT2D eigenvalue weighted by atomic mass is 9.66. The number of piperidine rings is 1. The SMILES string of the molecule is CN1CCC2(CC(=O)NC(=O)C2c2cccc(F)c2)C1. The summed E-state index contributed by atoms with van der Waals surface area (Å²) >= 11 is 0. The van der Waals surface area contributed by atoms with E-state index in [2.05, 4.69) is 10.2 Å². The molecule has 0 bridgehead atoms. The predicted molar refractivity (Wildman–Crippen MR) is 71.5 cm³/mol. The van der Waals surface area contributed by atoms with E-state index in [-0.39, 0.29) is 17.6 Å². The fraction of sp³-hybridized carbons (Fsp3) is 0.467. The zero-order valence-electron chi connectivity index (χ0n) is 11.4. The molecule has 0 aromatic heterocycles. The maximum absolute atomic E-state index is 13.5. The summed E-state index contributed by atoms with van der Waals surface area (Å²) in [4.78, 5) is 26.2. The first-order chi connectivity index (χ1) is 9.50. The number of rotatable bonds is 1. The van der Waals surface area contributed by atoms with Crippen LogP contribution in [0.25, 0.3) is 0 Å². The standard InChI is InChI=1S/C15H17FN2O2/c1-18-6-5-15(9-18)8-12(19)17-14(20)13(15)10-3-2-4-11(16)7-10/h2-4,7,13H,5-6,8-9H2,1H3,(H,17,19,20). The number of carbonyl (C=O) groups is 2. The molecule has 0 radical (unpaired) electrons. The topological polar surface area (TPSA) is 49.4 Å². The molecule has 1 N–H and O–H groups in total. The highest BCUT2D eigenvalue weighted by Crippen LogP contribution is 2.48. The Hall–Kier alpha value is -1.75. The summed E-state index contributed by atoms with van der Waals surface area (Å²) in [6.45, 7) is 1.54. The van der Waals surface area contributed by atoms with Crippen LogP contribution in [0.15, 0.2) is 24.3 Å². The first-order valence-electron chi connectivity index (χ1n) is 6.78. The number of imide groups is 1. The molecule has 1 spiro atoms. The van der Waals surface area contributed by atoms with Crippen molar-refractivity contribution in [1.29, 1.82) is 0 Å². The van der Waals surface area contributed by atoms with Gasteiger partial charge in [-0.15, -0.1) is 0 Å². The zero-order valence-corrected chi connectivity index (χ0v) is 11.4. The Balaban J connectivity index is 2.04. The van der Waals surface area contributed by atoms with Crippen LogP contribution < -0.4 is 5.32 Å². The molecule has 0 aliphatic carbocycles. The lowest BCUT2D eigenvalue weighted by molar-refractivity contribution is -0.139. The largest absolute Gasteiger partial charge is 0.306 e. The van der Waals surface area contributed by atoms with Crippen molar-refractivity contribution >= 4 is 11.8 Å². The van der Waals surface area contributed by atoms with Crippen molar-refractivity contribution in [3.05, 3.63) is 35.6 Å². The fourth-order valence-electron chi connectivity index (χ4n) is 3.63. The molecule has 2 amide bonds. The van der Waals surface area contributed by atoms with Gasteiger partial charge in [0, 0.05) is 18.4 Å². The van der Waals surface area contributed by atoms with Gasteiger partial charge in [-0.3, -0.25) is 14.9 Å². The lowest BCUT2D eigenvalue weighted by Crippen LogP contribution is -2.51. The normalized spacial score (nSPS) is 30.8. The molecular formula is C15H17FN2O2. The van der Waals surface area contributed by atoms with Crippen LogP contribution in [0, 0.1) is 11.2 Å². The predicted octanol–water partition coefficient (Wildman–Crippen LogP) is 1.28. The Morgan fingerprint density at radius 1 is 1.40 bits per heavy atom. The van der Waals surface area contributed by atoms with Crippen LogP contribution in [0.1, 0.15) is 24.3 Å². The van der Waals surface area contributed by atoms with Gasteiger partial charge in [-0.2, -0.15) is 0 Å². The summed E-state index contributed by atoms with van der Waals surface area (Å²) in [5, 5.41) is 2.39. The number of nitrogens with one attached hydrogen (secondary N) is 1. The molecular weight excluding hydrogens is 259 g/mol. The Labute approximate surface area is 117 Å². The van der Waals surface area contributed by atoms with Crippen LogP contribution in [-0.2, 0) is 9.59 Å². The minimum Gasteiger partial charge on any atom is -0.306 e. The van der Waals surface area contributed by atoms with Crippen LogP contribution in [0.5, 0.6) is 0 Å². The van der Waals surface area contributed by atoms with Crippen molar-refractivity contribution in [2.45, 2.75) is 18.8 Å². The van der Waals surface area contributed by atoms with Gasteiger partial charge in [0.2, 0.25) is 11.8 Å². The number of benzene rings is 1. The fourth-order valence-corrected chi connectivity index (χ4v) is 3.63. The second kappa shape index (κ2) is 4.66. The van der Waals surface area contributed by atoms with E-state index in [1.54, 1.807) is 12.1 Å². The molecule has 106 valence electrons. The van der Waals surface area contributed by atoms with Crippen LogP contribution >= 0.6 is 0 Å². The van der Waals surface area contributed by atoms with E-state index in [9.17, 15) is 14.0 Å². The van der Waals surface area contributed by atoms with E-state index >= 15 is 0 Å². The average Bonchev–Trinajstić information content (AvgIpc) is 2.69. The molecule has 5 heteroatoms. The molecule has 20 heavy (non-hydrogen) atoms. The maximum Gasteiger partial charge on any atom is 0.234 e. The minimum absolute atomic E-state index is 0.224. The third-order valence-corrected chi connectivity index (χ3v) is 4.41. The number of amides is 2. The van der Waals surface area contributed by atoms with Gasteiger partial charge >= 0.3 is 0 Å². The summed E-state index contributed by atoms with van der Waals surface area (Å²) in [6.07, 6.45) is 1.11. The maximum atomic E-state index is 13.5. The van der Waals surface area contributed by atoms with Gasteiger partial charge in [0.1, 0.15) is 5.82 Å². The zero-order chi connectivity index (χ0) is 14.3. The van der Waals surface area contributed by atoms with Gasteiger partial charge < -0.3 is 4.90 Å². The molecule has 2 aliphatic heterocycles. The number of hydrogen-bond donors (Lipinski definition) is 1. The average molecular weight is 276 g/mol. The smallest absolute Gasteiger partial charge is 0.234 e. The van der Waals surface area contributed by atoms with E-state index in [1.165, 1.54) is 12.1 Å². The van der Waals surface area contributed by atoms with Crippen molar-refractivity contribution < 1.29 is 14.0 Å². The highest BCUT2D eigenvalue weighted by Gasteiger charge is 2.51. The summed E-state index contributed by atoms with van der Waals surface area (Å²) < 4.78 is 13.5. The van der Waals surface area contributed by atoms with Gasteiger partial charge in [-0.05, 0) is 37.7 Å². The van der Waals surface area contributed by atoms with Gasteiger partial charge in [0.05, 0.1) is 5.92 Å². The van der Waals surface area contributed by atoms with E-state index in [0.717, 1.165) is 13.0 Å². The number of carbonyl (C=O) groups excluding carboxylic acids is 2. The summed E-state index contributed by atoms with van der Waals surface area (Å²) in [7, 11) is 1.98.